The Kier molecular flexibility index (Phi) is 12.8. The van der Waals surface area contributed by atoms with Crippen molar-refractivity contribution >= 4 is 40.8 Å². The van der Waals surface area contributed by atoms with Gasteiger partial charge in [0.25, 0.3) is 5.91 Å². The standard InChI is InChI=1S/C42H47ClN2O7/c1-27-10-8-14-32(28(27)2)40-33-23-31(43)17-18-35(33)45(25-42(3,4)26-46)41(50)37(52-40)24-38(47)44-34-22-30(16-20-39(48)49)15-19-36(34)51-21-9-13-29-11-6-5-7-12-29/h5-8,10-12,14-15,17-19,22-23,37,40,46H,9,13,16,20-21,24-26H2,1-4H3,(H,44,47)(H,48,49)/t37-,40-/m1/s1. The molecule has 52 heavy (non-hydrogen) atoms. The SMILES string of the molecule is Cc1cccc([C@H]2O[C@H](CC(=O)Nc3cc(CCC(=O)O)ccc3OCCCc3ccccc3)C(=O)N(CC(C)(C)CO)c3ccc(Cl)cc32)c1C. The number of rotatable bonds is 15. The zero-order valence-corrected chi connectivity index (χ0v) is 30.9. The first kappa shape index (κ1) is 38.5. The third-order valence-electron chi connectivity index (χ3n) is 9.37. The van der Waals surface area contributed by atoms with Crippen LogP contribution in [0.25, 0.3) is 0 Å². The van der Waals surface area contributed by atoms with Crippen molar-refractivity contribution in [3.05, 3.63) is 123 Å². The molecular formula is C42H47ClN2O7. The van der Waals surface area contributed by atoms with Crippen LogP contribution in [-0.2, 0) is 32.0 Å². The van der Waals surface area contributed by atoms with Crippen LogP contribution in [0.1, 0.15) is 72.6 Å². The molecule has 1 aliphatic rings. The molecule has 0 bridgehead atoms. The molecule has 3 N–H and O–H groups in total. The van der Waals surface area contributed by atoms with Crippen molar-refractivity contribution in [2.45, 2.75) is 72.0 Å². The molecule has 0 spiro atoms. The molecule has 0 radical (unpaired) electrons. The summed E-state index contributed by atoms with van der Waals surface area (Å²) < 4.78 is 12.8. The quantitative estimate of drug-likeness (QED) is 0.107. The van der Waals surface area contributed by atoms with Crippen LogP contribution >= 0.6 is 11.6 Å². The lowest BCUT2D eigenvalue weighted by Crippen LogP contribution is -2.46. The van der Waals surface area contributed by atoms with Gasteiger partial charge in [0.05, 0.1) is 18.7 Å². The van der Waals surface area contributed by atoms with Crippen LogP contribution in [0.2, 0.25) is 5.02 Å². The minimum Gasteiger partial charge on any atom is -0.491 e. The highest BCUT2D eigenvalue weighted by Gasteiger charge is 2.40. The number of aliphatic carboxylic acids is 1. The van der Waals surface area contributed by atoms with Crippen molar-refractivity contribution in [2.24, 2.45) is 5.41 Å². The van der Waals surface area contributed by atoms with Gasteiger partial charge < -0.3 is 29.9 Å². The smallest absolute Gasteiger partial charge is 0.303 e. The fourth-order valence-corrected chi connectivity index (χ4v) is 6.51. The number of fused-ring (bicyclic) bond motifs is 1. The molecule has 0 fully saturated rings. The highest BCUT2D eigenvalue weighted by Crippen LogP contribution is 2.42. The molecular weight excluding hydrogens is 680 g/mol. The van der Waals surface area contributed by atoms with Gasteiger partial charge in [0, 0.05) is 41.3 Å². The Morgan fingerprint density at radius 3 is 2.44 bits per heavy atom. The van der Waals surface area contributed by atoms with Crippen molar-refractivity contribution in [3.8, 4) is 5.75 Å². The maximum Gasteiger partial charge on any atom is 0.303 e. The van der Waals surface area contributed by atoms with Crippen molar-refractivity contribution < 1.29 is 34.1 Å². The van der Waals surface area contributed by atoms with E-state index in [0.717, 1.165) is 35.1 Å². The van der Waals surface area contributed by atoms with Gasteiger partial charge in [0.2, 0.25) is 5.91 Å². The van der Waals surface area contributed by atoms with Gasteiger partial charge in [-0.3, -0.25) is 14.4 Å². The monoisotopic (exact) mass is 726 g/mol. The predicted octanol–water partition coefficient (Wildman–Crippen LogP) is 7.85. The molecule has 4 aromatic carbocycles. The van der Waals surface area contributed by atoms with E-state index in [9.17, 15) is 24.6 Å². The second-order valence-corrected chi connectivity index (χ2v) is 14.6. The first-order chi connectivity index (χ1) is 24.8. The van der Waals surface area contributed by atoms with Crippen LogP contribution in [-0.4, -0.2) is 53.9 Å². The van der Waals surface area contributed by atoms with Gasteiger partial charge in [-0.15, -0.1) is 0 Å². The lowest BCUT2D eigenvalue weighted by molar-refractivity contribution is -0.137. The van der Waals surface area contributed by atoms with E-state index in [1.54, 1.807) is 41.3 Å². The number of anilines is 2. The number of amides is 2. The molecule has 0 saturated carbocycles. The van der Waals surface area contributed by atoms with Crippen LogP contribution in [0.3, 0.4) is 0 Å². The molecule has 0 aliphatic carbocycles. The number of ether oxygens (including phenoxy) is 2. The number of nitrogens with zero attached hydrogens (tertiary/aromatic N) is 1. The van der Waals surface area contributed by atoms with Gasteiger partial charge in [0.1, 0.15) is 18.0 Å². The average Bonchev–Trinajstić information content (AvgIpc) is 3.21. The summed E-state index contributed by atoms with van der Waals surface area (Å²) in [5.74, 6) is -1.38. The molecule has 1 aliphatic heterocycles. The molecule has 0 saturated heterocycles. The van der Waals surface area contributed by atoms with Crippen molar-refractivity contribution in [1.82, 2.24) is 0 Å². The topological polar surface area (TPSA) is 125 Å². The zero-order chi connectivity index (χ0) is 37.4. The molecule has 0 aromatic heterocycles. The van der Waals surface area contributed by atoms with E-state index in [0.29, 0.717) is 34.3 Å². The van der Waals surface area contributed by atoms with E-state index in [-0.39, 0.29) is 32.4 Å². The van der Waals surface area contributed by atoms with Crippen molar-refractivity contribution in [1.29, 1.82) is 0 Å². The summed E-state index contributed by atoms with van der Waals surface area (Å²) in [6, 6.07) is 26.5. The van der Waals surface area contributed by atoms with E-state index in [2.05, 4.69) is 17.4 Å². The van der Waals surface area contributed by atoms with Crippen molar-refractivity contribution in [3.63, 3.8) is 0 Å². The first-order valence-corrected chi connectivity index (χ1v) is 18.0. The molecule has 2 amide bonds. The minimum absolute atomic E-state index is 0.0700. The van der Waals surface area contributed by atoms with E-state index >= 15 is 0 Å². The Balaban J connectivity index is 1.45. The number of aryl methyl sites for hydroxylation is 3. The zero-order valence-electron chi connectivity index (χ0n) is 30.2. The van der Waals surface area contributed by atoms with Gasteiger partial charge in [-0.1, -0.05) is 80.0 Å². The van der Waals surface area contributed by atoms with Crippen LogP contribution in [0.15, 0.2) is 84.9 Å². The van der Waals surface area contributed by atoms with E-state index in [1.807, 2.05) is 64.1 Å². The summed E-state index contributed by atoms with van der Waals surface area (Å²) in [6.45, 7) is 8.13. The number of carboxylic acid groups (broad SMARTS) is 1. The molecule has 0 unspecified atom stereocenters. The lowest BCUT2D eigenvalue weighted by atomic mass is 9.91. The number of hydrogen-bond donors (Lipinski definition) is 3. The number of hydrogen-bond acceptors (Lipinski definition) is 6. The Bertz CT molecular complexity index is 1890. The Morgan fingerprint density at radius 2 is 1.71 bits per heavy atom. The number of aliphatic hydroxyl groups excluding tert-OH is 1. The van der Waals surface area contributed by atoms with Gasteiger partial charge >= 0.3 is 5.97 Å². The second-order valence-electron chi connectivity index (χ2n) is 14.2. The number of carboxylic acids is 1. The fourth-order valence-electron chi connectivity index (χ4n) is 6.32. The highest BCUT2D eigenvalue weighted by molar-refractivity contribution is 6.30. The third kappa shape index (κ3) is 9.79. The van der Waals surface area contributed by atoms with Gasteiger partial charge in [-0.25, -0.2) is 0 Å². The molecule has 2 atom stereocenters. The third-order valence-corrected chi connectivity index (χ3v) is 9.61. The molecule has 5 rings (SSSR count). The predicted molar refractivity (Wildman–Crippen MR) is 203 cm³/mol. The van der Waals surface area contributed by atoms with Crippen LogP contribution in [0, 0.1) is 19.3 Å². The lowest BCUT2D eigenvalue weighted by Gasteiger charge is -2.32. The number of carbonyl (C=O) groups excluding carboxylic acids is 2. The van der Waals surface area contributed by atoms with Crippen LogP contribution in [0.5, 0.6) is 5.75 Å². The van der Waals surface area contributed by atoms with Gasteiger partial charge in [0.15, 0.2) is 0 Å². The minimum atomic E-state index is -1.20. The number of benzene rings is 4. The Labute approximate surface area is 310 Å². The summed E-state index contributed by atoms with van der Waals surface area (Å²) in [7, 11) is 0. The number of halogens is 1. The summed E-state index contributed by atoms with van der Waals surface area (Å²) in [4.78, 5) is 41.3. The van der Waals surface area contributed by atoms with Crippen LogP contribution in [0.4, 0.5) is 11.4 Å². The van der Waals surface area contributed by atoms with Gasteiger partial charge in [-0.2, -0.15) is 0 Å². The number of aliphatic hydroxyl groups is 1. The average molecular weight is 727 g/mol. The summed E-state index contributed by atoms with van der Waals surface area (Å²) in [6.07, 6.45) is -0.475. The highest BCUT2D eigenvalue weighted by atomic mass is 35.5. The largest absolute Gasteiger partial charge is 0.491 e. The second kappa shape index (κ2) is 17.2. The Hall–Kier alpha value is -4.70. The van der Waals surface area contributed by atoms with E-state index < -0.39 is 35.4 Å². The van der Waals surface area contributed by atoms with E-state index in [4.69, 9.17) is 21.1 Å². The summed E-state index contributed by atoms with van der Waals surface area (Å²) in [5, 5.41) is 22.9. The van der Waals surface area contributed by atoms with E-state index in [1.165, 1.54) is 5.56 Å². The first-order valence-electron chi connectivity index (χ1n) is 17.6. The normalized spacial score (nSPS) is 15.9. The maximum absolute atomic E-state index is 14.5. The summed E-state index contributed by atoms with van der Waals surface area (Å²) in [5.41, 5.74) is 5.80. The number of nitrogens with one attached hydrogen (secondary N) is 1. The van der Waals surface area contributed by atoms with Crippen LogP contribution < -0.4 is 15.0 Å². The summed E-state index contributed by atoms with van der Waals surface area (Å²) >= 11 is 6.55. The maximum atomic E-state index is 14.5. The molecule has 9 nitrogen and oxygen atoms in total. The molecule has 4 aromatic rings. The molecule has 274 valence electrons. The number of carbonyl (C=O) groups is 3. The molecule has 1 heterocycles. The fraction of sp³-hybridized carbons (Fsp3) is 0.357. The Morgan fingerprint density at radius 1 is 0.942 bits per heavy atom. The van der Waals surface area contributed by atoms with Gasteiger partial charge in [-0.05, 0) is 91.3 Å². The molecule has 10 heteroatoms. The van der Waals surface area contributed by atoms with Crippen molar-refractivity contribution in [2.75, 3.05) is 30.0 Å².